The summed E-state index contributed by atoms with van der Waals surface area (Å²) < 4.78 is 5.43. The quantitative estimate of drug-likeness (QED) is 0.574. The van der Waals surface area contributed by atoms with E-state index in [1.165, 1.54) is 5.01 Å². The Morgan fingerprint density at radius 2 is 2.00 bits per heavy atom. The molecule has 2 unspecified atom stereocenters. The van der Waals surface area contributed by atoms with E-state index in [9.17, 15) is 24.3 Å². The highest BCUT2D eigenvalue weighted by molar-refractivity contribution is 5.93. The molecule has 9 heteroatoms. The first-order valence-electron chi connectivity index (χ1n) is 11.9. The van der Waals surface area contributed by atoms with E-state index in [1.54, 1.807) is 0 Å². The number of hydrogen-bond donors (Lipinski definition) is 2. The minimum absolute atomic E-state index is 0.0289. The van der Waals surface area contributed by atoms with Gasteiger partial charge in [-0.1, -0.05) is 49.4 Å². The molecule has 3 rings (SSSR count). The van der Waals surface area contributed by atoms with Gasteiger partial charge >= 0.3 is 12.1 Å². The monoisotopic (exact) mass is 483 g/mol. The Kier molecular flexibility index (Phi) is 8.68. The van der Waals surface area contributed by atoms with Crippen molar-refractivity contribution in [2.45, 2.75) is 64.5 Å². The molecule has 1 aromatic rings. The maximum absolute atomic E-state index is 13.1. The Balaban J connectivity index is 1.66. The predicted molar refractivity (Wildman–Crippen MR) is 130 cm³/mol. The number of hydrazine groups is 1. The van der Waals surface area contributed by atoms with Crippen LogP contribution in [0.2, 0.25) is 0 Å². The smallest absolute Gasteiger partial charge is 0.407 e. The van der Waals surface area contributed by atoms with E-state index in [-0.39, 0.29) is 44.2 Å². The molecule has 0 aromatic heterocycles. The van der Waals surface area contributed by atoms with Crippen molar-refractivity contribution >= 4 is 29.5 Å². The number of alkyl carbamates (subject to hydrolysis) is 1. The number of carbonyl (C=O) groups is 4. The molecule has 0 bridgehead atoms. The molecule has 0 aliphatic carbocycles. The number of carboxylic acids is 1. The number of carboxylic acid groups (broad SMARTS) is 1. The summed E-state index contributed by atoms with van der Waals surface area (Å²) in [7, 11) is 0. The fourth-order valence-electron chi connectivity index (χ4n) is 4.48. The Morgan fingerprint density at radius 1 is 1.26 bits per heavy atom. The number of amides is 3. The van der Waals surface area contributed by atoms with Crippen LogP contribution in [-0.4, -0.2) is 64.2 Å². The number of nitrogens with one attached hydrogen (secondary N) is 1. The number of ether oxygens (including phenoxy) is 1. The Labute approximate surface area is 205 Å². The summed E-state index contributed by atoms with van der Waals surface area (Å²) >= 11 is 0. The van der Waals surface area contributed by atoms with Crippen molar-refractivity contribution in [2.75, 3.05) is 13.2 Å². The molecule has 188 valence electrons. The SMILES string of the molecule is C/C=C\C=C(/C)c1ccccc1C(C)COC(=O)NC1CCC(=O)N2CCC[C@@H](C(=O)O)N2C1=O. The summed E-state index contributed by atoms with van der Waals surface area (Å²) in [5, 5.41) is 14.3. The van der Waals surface area contributed by atoms with Crippen molar-refractivity contribution in [1.29, 1.82) is 0 Å². The Bertz CT molecular complexity index is 1030. The van der Waals surface area contributed by atoms with Gasteiger partial charge in [0.15, 0.2) is 6.04 Å². The predicted octanol–water partition coefficient (Wildman–Crippen LogP) is 3.48. The van der Waals surface area contributed by atoms with Gasteiger partial charge in [0.1, 0.15) is 6.04 Å². The van der Waals surface area contributed by atoms with Crippen LogP contribution in [0.3, 0.4) is 0 Å². The summed E-state index contributed by atoms with van der Waals surface area (Å²) in [5.41, 5.74) is 3.18. The van der Waals surface area contributed by atoms with Gasteiger partial charge in [0.2, 0.25) is 5.91 Å². The van der Waals surface area contributed by atoms with Crippen LogP contribution in [0.5, 0.6) is 0 Å². The van der Waals surface area contributed by atoms with E-state index in [2.05, 4.69) is 5.32 Å². The number of benzene rings is 1. The van der Waals surface area contributed by atoms with Gasteiger partial charge in [0.05, 0.1) is 6.61 Å². The maximum atomic E-state index is 13.1. The van der Waals surface area contributed by atoms with Gasteiger partial charge in [-0.25, -0.2) is 14.6 Å². The number of aliphatic carboxylic acids is 1. The van der Waals surface area contributed by atoms with E-state index in [0.717, 1.165) is 21.7 Å². The Hall–Kier alpha value is -3.62. The van der Waals surface area contributed by atoms with Gasteiger partial charge in [0.25, 0.3) is 5.91 Å². The molecule has 2 N–H and O–H groups in total. The fraction of sp³-hybridized carbons (Fsp3) is 0.462. The lowest BCUT2D eigenvalue weighted by Gasteiger charge is -2.41. The van der Waals surface area contributed by atoms with E-state index in [1.807, 2.05) is 63.3 Å². The van der Waals surface area contributed by atoms with Crippen LogP contribution in [0.15, 0.2) is 42.5 Å². The van der Waals surface area contributed by atoms with Crippen molar-refractivity contribution in [3.63, 3.8) is 0 Å². The van der Waals surface area contributed by atoms with Crippen molar-refractivity contribution in [1.82, 2.24) is 15.3 Å². The second kappa shape index (κ2) is 11.7. The molecule has 2 aliphatic heterocycles. The Morgan fingerprint density at radius 3 is 2.71 bits per heavy atom. The van der Waals surface area contributed by atoms with E-state index in [0.29, 0.717) is 6.42 Å². The molecule has 2 aliphatic rings. The van der Waals surface area contributed by atoms with Gasteiger partial charge in [0, 0.05) is 18.9 Å². The maximum Gasteiger partial charge on any atom is 0.407 e. The minimum Gasteiger partial charge on any atom is -0.480 e. The highest BCUT2D eigenvalue weighted by Crippen LogP contribution is 2.27. The molecule has 2 fully saturated rings. The number of fused-ring (bicyclic) bond motifs is 1. The number of carbonyl (C=O) groups excluding carboxylic acids is 3. The first-order valence-corrected chi connectivity index (χ1v) is 11.9. The molecule has 35 heavy (non-hydrogen) atoms. The van der Waals surface area contributed by atoms with Gasteiger partial charge in [-0.2, -0.15) is 0 Å². The molecule has 2 saturated heterocycles. The van der Waals surface area contributed by atoms with Crippen LogP contribution in [0.4, 0.5) is 4.79 Å². The molecule has 0 saturated carbocycles. The van der Waals surface area contributed by atoms with Crippen LogP contribution in [-0.2, 0) is 19.1 Å². The summed E-state index contributed by atoms with van der Waals surface area (Å²) in [5.74, 6) is -2.21. The van der Waals surface area contributed by atoms with E-state index >= 15 is 0 Å². The molecular formula is C26H33N3O6. The fourth-order valence-corrected chi connectivity index (χ4v) is 4.48. The third-order valence-corrected chi connectivity index (χ3v) is 6.36. The van der Waals surface area contributed by atoms with Crippen molar-refractivity contribution < 1.29 is 29.0 Å². The first kappa shape index (κ1) is 26.0. The average Bonchev–Trinajstić information content (AvgIpc) is 2.97. The van der Waals surface area contributed by atoms with Crippen molar-refractivity contribution in [2.24, 2.45) is 0 Å². The average molecular weight is 484 g/mol. The third kappa shape index (κ3) is 6.09. The number of nitrogens with zero attached hydrogens (tertiary/aromatic N) is 2. The second-order valence-electron chi connectivity index (χ2n) is 8.89. The summed E-state index contributed by atoms with van der Waals surface area (Å²) in [6, 6.07) is 5.73. The third-order valence-electron chi connectivity index (χ3n) is 6.36. The molecule has 0 spiro atoms. The zero-order valence-electron chi connectivity index (χ0n) is 20.4. The van der Waals surface area contributed by atoms with Crippen molar-refractivity contribution in [3.05, 3.63) is 53.6 Å². The van der Waals surface area contributed by atoms with Crippen LogP contribution in [0.1, 0.15) is 63.5 Å². The largest absolute Gasteiger partial charge is 0.480 e. The molecule has 3 atom stereocenters. The van der Waals surface area contributed by atoms with Crippen LogP contribution < -0.4 is 5.32 Å². The van der Waals surface area contributed by atoms with Crippen molar-refractivity contribution in [3.8, 4) is 0 Å². The van der Waals surface area contributed by atoms with Crippen LogP contribution in [0, 0.1) is 0 Å². The van der Waals surface area contributed by atoms with Gasteiger partial charge in [-0.05, 0) is 49.8 Å². The summed E-state index contributed by atoms with van der Waals surface area (Å²) in [4.78, 5) is 49.9. The molecular weight excluding hydrogens is 450 g/mol. The highest BCUT2D eigenvalue weighted by Gasteiger charge is 2.44. The standard InChI is InChI=1S/C26H33N3O6/c1-4-5-9-17(2)19-10-6-7-11-20(19)18(3)16-35-26(34)27-21-13-14-23(30)28-15-8-12-22(25(32)33)29(28)24(21)31/h4-7,9-11,18,21-22H,8,12-16H2,1-3H3,(H,27,34)(H,32,33)/b5-4-,17-9+/t18?,21?,22-/m0/s1. The molecule has 1 aromatic carbocycles. The molecule has 9 nitrogen and oxygen atoms in total. The summed E-state index contributed by atoms with van der Waals surface area (Å²) in [6.45, 7) is 6.29. The highest BCUT2D eigenvalue weighted by atomic mass is 16.5. The minimum atomic E-state index is -1.18. The van der Waals surface area contributed by atoms with Gasteiger partial charge in [-0.15, -0.1) is 0 Å². The molecule has 0 radical (unpaired) electrons. The number of rotatable bonds is 7. The lowest BCUT2D eigenvalue weighted by molar-refractivity contribution is -0.180. The van der Waals surface area contributed by atoms with Crippen LogP contribution >= 0.6 is 0 Å². The topological polar surface area (TPSA) is 116 Å². The molecule has 2 heterocycles. The summed E-state index contributed by atoms with van der Waals surface area (Å²) in [6.07, 6.45) is 6.02. The lowest BCUT2D eigenvalue weighted by atomic mass is 9.92. The first-order chi connectivity index (χ1) is 16.7. The van der Waals surface area contributed by atoms with Gasteiger partial charge in [-0.3, -0.25) is 14.6 Å². The van der Waals surface area contributed by atoms with E-state index < -0.39 is 30.1 Å². The molecule has 3 amide bonds. The van der Waals surface area contributed by atoms with Gasteiger partial charge < -0.3 is 15.2 Å². The van der Waals surface area contributed by atoms with E-state index in [4.69, 9.17) is 4.74 Å². The lowest BCUT2D eigenvalue weighted by Crippen LogP contribution is -2.62. The van der Waals surface area contributed by atoms with Crippen LogP contribution in [0.25, 0.3) is 5.57 Å². The normalized spacial score (nSPS) is 22.0. The number of hydrogen-bond acceptors (Lipinski definition) is 5. The zero-order chi connectivity index (χ0) is 25.5. The number of allylic oxidation sites excluding steroid dienone is 4. The zero-order valence-corrected chi connectivity index (χ0v) is 20.4. The second-order valence-corrected chi connectivity index (χ2v) is 8.89.